The first-order chi connectivity index (χ1) is 8.18. The summed E-state index contributed by atoms with van der Waals surface area (Å²) in [7, 11) is 0. The summed E-state index contributed by atoms with van der Waals surface area (Å²) in [5.74, 6) is 0.684. The van der Waals surface area contributed by atoms with Crippen molar-refractivity contribution in [2.24, 2.45) is 22.5 Å². The Kier molecular flexibility index (Phi) is 4.60. The summed E-state index contributed by atoms with van der Waals surface area (Å²) in [6, 6.07) is 0. The van der Waals surface area contributed by atoms with Crippen LogP contribution in [0.15, 0.2) is 0 Å². The second-order valence-corrected chi connectivity index (χ2v) is 7.27. The van der Waals surface area contributed by atoms with Gasteiger partial charge in [-0.15, -0.1) is 0 Å². The Balaban J connectivity index is 2.80. The summed E-state index contributed by atoms with van der Waals surface area (Å²) < 4.78 is 0. The van der Waals surface area contributed by atoms with E-state index in [2.05, 4.69) is 20.8 Å². The average molecular weight is 255 g/mol. The topological polar surface area (TPSA) is 63.3 Å². The quantitative estimate of drug-likeness (QED) is 0.759. The van der Waals surface area contributed by atoms with E-state index >= 15 is 0 Å². The molecule has 0 amide bonds. The molecule has 0 aromatic heterocycles. The molecule has 1 saturated carbocycles. The molecule has 3 nitrogen and oxygen atoms in total. The van der Waals surface area contributed by atoms with Crippen LogP contribution in [0.4, 0.5) is 0 Å². The van der Waals surface area contributed by atoms with Crippen LogP contribution >= 0.6 is 0 Å². The van der Waals surface area contributed by atoms with Crippen LogP contribution in [-0.4, -0.2) is 23.5 Å². The van der Waals surface area contributed by atoms with Crippen molar-refractivity contribution < 1.29 is 9.90 Å². The van der Waals surface area contributed by atoms with Crippen molar-refractivity contribution in [2.45, 2.75) is 65.4 Å². The van der Waals surface area contributed by atoms with Gasteiger partial charge in [0.05, 0.1) is 5.60 Å². The van der Waals surface area contributed by atoms with Gasteiger partial charge in [-0.2, -0.15) is 0 Å². The molecule has 18 heavy (non-hydrogen) atoms. The summed E-state index contributed by atoms with van der Waals surface area (Å²) in [5, 5.41) is 10.6. The Hall–Kier alpha value is -0.410. The highest BCUT2D eigenvalue weighted by Crippen LogP contribution is 2.50. The predicted octanol–water partition coefficient (Wildman–Crippen LogP) is 2.51. The van der Waals surface area contributed by atoms with Crippen molar-refractivity contribution in [3.63, 3.8) is 0 Å². The number of aldehydes is 1. The maximum atomic E-state index is 10.7. The molecular weight excluding hydrogens is 226 g/mol. The number of carbonyl (C=O) groups is 1. The molecule has 0 aromatic carbocycles. The maximum absolute atomic E-state index is 10.7. The molecule has 1 aliphatic carbocycles. The van der Waals surface area contributed by atoms with Crippen LogP contribution in [0.2, 0.25) is 0 Å². The van der Waals surface area contributed by atoms with Crippen LogP contribution in [-0.2, 0) is 4.79 Å². The molecule has 0 heterocycles. The van der Waals surface area contributed by atoms with Crippen LogP contribution in [0.1, 0.15) is 59.8 Å². The first-order valence-corrected chi connectivity index (χ1v) is 7.05. The molecule has 1 rings (SSSR count). The van der Waals surface area contributed by atoms with E-state index in [4.69, 9.17) is 5.73 Å². The zero-order valence-electron chi connectivity index (χ0n) is 12.3. The molecular formula is C15H29NO2. The fourth-order valence-corrected chi connectivity index (χ4v) is 3.38. The highest BCUT2D eigenvalue weighted by molar-refractivity contribution is 5.51. The monoisotopic (exact) mass is 255 g/mol. The molecule has 1 unspecified atom stereocenters. The largest absolute Gasteiger partial charge is 0.389 e. The lowest BCUT2D eigenvalue weighted by atomic mass is 9.58. The van der Waals surface area contributed by atoms with Crippen molar-refractivity contribution in [3.05, 3.63) is 0 Å². The zero-order chi connectivity index (χ0) is 14.0. The van der Waals surface area contributed by atoms with Gasteiger partial charge in [0.25, 0.3) is 0 Å². The van der Waals surface area contributed by atoms with Crippen LogP contribution in [0, 0.1) is 16.7 Å². The fourth-order valence-electron chi connectivity index (χ4n) is 3.38. The fraction of sp³-hybridized carbons (Fsp3) is 0.933. The second-order valence-electron chi connectivity index (χ2n) is 7.27. The van der Waals surface area contributed by atoms with Gasteiger partial charge in [-0.1, -0.05) is 20.8 Å². The van der Waals surface area contributed by atoms with E-state index in [1.54, 1.807) is 6.92 Å². The van der Waals surface area contributed by atoms with Gasteiger partial charge < -0.3 is 15.6 Å². The van der Waals surface area contributed by atoms with E-state index in [0.29, 0.717) is 17.9 Å². The number of hydrogen-bond donors (Lipinski definition) is 2. The Morgan fingerprint density at radius 3 is 2.11 bits per heavy atom. The number of aliphatic hydroxyl groups is 1. The average Bonchev–Trinajstić information content (AvgIpc) is 2.27. The number of hydrogen-bond acceptors (Lipinski definition) is 3. The molecule has 3 N–H and O–H groups in total. The van der Waals surface area contributed by atoms with Crippen molar-refractivity contribution in [3.8, 4) is 0 Å². The Labute approximate surface area is 111 Å². The lowest BCUT2D eigenvalue weighted by Gasteiger charge is -2.50. The minimum atomic E-state index is -0.966. The van der Waals surface area contributed by atoms with Gasteiger partial charge in [0.15, 0.2) is 0 Å². The lowest BCUT2D eigenvalue weighted by Crippen LogP contribution is -2.53. The molecule has 0 radical (unpaired) electrons. The summed E-state index contributed by atoms with van der Waals surface area (Å²) >= 11 is 0. The van der Waals surface area contributed by atoms with E-state index in [-0.39, 0.29) is 11.8 Å². The van der Waals surface area contributed by atoms with E-state index < -0.39 is 5.60 Å². The highest BCUT2D eigenvalue weighted by Gasteiger charge is 2.48. The molecule has 1 atom stereocenters. The maximum Gasteiger partial charge on any atom is 0.122 e. The summed E-state index contributed by atoms with van der Waals surface area (Å²) in [6.45, 7) is 9.06. The Morgan fingerprint density at radius 1 is 1.28 bits per heavy atom. The molecule has 0 bridgehead atoms. The minimum absolute atomic E-state index is 0.185. The minimum Gasteiger partial charge on any atom is -0.389 e. The normalized spacial score (nSPS) is 32.9. The van der Waals surface area contributed by atoms with Gasteiger partial charge in [-0.3, -0.25) is 0 Å². The second kappa shape index (κ2) is 5.30. The molecule has 1 aliphatic rings. The third-order valence-corrected chi connectivity index (χ3v) is 5.18. The summed E-state index contributed by atoms with van der Waals surface area (Å²) in [5.41, 5.74) is 5.00. The van der Waals surface area contributed by atoms with Gasteiger partial charge >= 0.3 is 0 Å². The van der Waals surface area contributed by atoms with E-state index in [9.17, 15) is 9.90 Å². The molecule has 106 valence electrons. The van der Waals surface area contributed by atoms with Crippen molar-refractivity contribution in [1.29, 1.82) is 0 Å². The van der Waals surface area contributed by atoms with Gasteiger partial charge in [-0.25, -0.2) is 0 Å². The zero-order valence-corrected chi connectivity index (χ0v) is 12.3. The third-order valence-electron chi connectivity index (χ3n) is 5.18. The molecule has 0 saturated heterocycles. The van der Waals surface area contributed by atoms with Crippen LogP contribution in [0.25, 0.3) is 0 Å². The lowest BCUT2D eigenvalue weighted by molar-refractivity contribution is -0.126. The Morgan fingerprint density at radius 2 is 1.78 bits per heavy atom. The van der Waals surface area contributed by atoms with Crippen molar-refractivity contribution in [2.75, 3.05) is 6.54 Å². The van der Waals surface area contributed by atoms with Gasteiger partial charge in [0.1, 0.15) is 6.29 Å². The van der Waals surface area contributed by atoms with E-state index in [1.165, 1.54) is 0 Å². The SMILES string of the molecule is CC(C)(C)C1CCC(CN)(C(C)(O)CC=O)CC1. The Bertz CT molecular complexity index is 283. The van der Waals surface area contributed by atoms with E-state index in [1.807, 2.05) is 0 Å². The van der Waals surface area contributed by atoms with Gasteiger partial charge in [-0.05, 0) is 43.9 Å². The smallest absolute Gasteiger partial charge is 0.122 e. The molecule has 0 aromatic rings. The van der Waals surface area contributed by atoms with Gasteiger partial charge in [0.2, 0.25) is 0 Å². The number of nitrogens with two attached hydrogens (primary N) is 1. The summed E-state index contributed by atoms with van der Waals surface area (Å²) in [4.78, 5) is 10.7. The van der Waals surface area contributed by atoms with Crippen LogP contribution in [0.3, 0.4) is 0 Å². The summed E-state index contributed by atoms with van der Waals surface area (Å²) in [6.07, 6.45) is 5.03. The number of rotatable bonds is 4. The molecule has 1 fully saturated rings. The van der Waals surface area contributed by atoms with Crippen molar-refractivity contribution >= 4 is 6.29 Å². The third kappa shape index (κ3) is 2.94. The standard InChI is InChI=1S/C15H29NO2/c1-13(2,3)12-5-7-15(11-16,8-6-12)14(4,18)9-10-17/h10,12,18H,5-9,11,16H2,1-4H3. The van der Waals surface area contributed by atoms with Crippen LogP contribution < -0.4 is 5.73 Å². The highest BCUT2D eigenvalue weighted by atomic mass is 16.3. The molecule has 3 heteroatoms. The number of carbonyl (C=O) groups excluding carboxylic acids is 1. The molecule has 0 aliphatic heterocycles. The van der Waals surface area contributed by atoms with Gasteiger partial charge in [0, 0.05) is 18.4 Å². The predicted molar refractivity (Wildman–Crippen MR) is 74.2 cm³/mol. The first-order valence-electron chi connectivity index (χ1n) is 7.05. The first kappa shape index (κ1) is 15.6. The van der Waals surface area contributed by atoms with Crippen LogP contribution in [0.5, 0.6) is 0 Å². The molecule has 0 spiro atoms. The van der Waals surface area contributed by atoms with Crippen molar-refractivity contribution in [1.82, 2.24) is 0 Å². The van der Waals surface area contributed by atoms with E-state index in [0.717, 1.165) is 32.0 Å².